The molecule has 0 saturated carbocycles. The van der Waals surface area contributed by atoms with Gasteiger partial charge in [-0.2, -0.15) is 0 Å². The largest absolute Gasteiger partial charge is 0.462 e. The normalized spacial score (nSPS) is 23.4. The highest BCUT2D eigenvalue weighted by Crippen LogP contribution is 2.26. The zero-order chi connectivity index (χ0) is 13.7. The van der Waals surface area contributed by atoms with Crippen LogP contribution in [-0.4, -0.2) is 26.4 Å². The molecule has 1 aliphatic heterocycles. The summed E-state index contributed by atoms with van der Waals surface area (Å²) in [5.41, 5.74) is 0. The van der Waals surface area contributed by atoms with E-state index in [1.54, 1.807) is 7.11 Å². The highest BCUT2D eigenvalue weighted by Gasteiger charge is 2.30. The molecule has 4 heteroatoms. The van der Waals surface area contributed by atoms with E-state index >= 15 is 0 Å². The molecule has 0 aromatic carbocycles. The number of rotatable bonds is 7. The summed E-state index contributed by atoms with van der Waals surface area (Å²) >= 11 is 0. The van der Waals surface area contributed by atoms with Gasteiger partial charge in [0.05, 0.1) is 12.6 Å². The van der Waals surface area contributed by atoms with Crippen LogP contribution >= 0.6 is 0 Å². The van der Waals surface area contributed by atoms with E-state index in [1.165, 1.54) is 0 Å². The zero-order valence-corrected chi connectivity index (χ0v) is 12.1. The smallest absolute Gasteiger partial charge is 0.129 e. The molecular weight excluding hydrogens is 242 g/mol. The first-order valence-electron chi connectivity index (χ1n) is 7.09. The Balaban J connectivity index is 1.73. The van der Waals surface area contributed by atoms with Gasteiger partial charge < -0.3 is 19.2 Å². The molecule has 1 aromatic rings. The predicted molar refractivity (Wildman–Crippen MR) is 73.8 cm³/mol. The summed E-state index contributed by atoms with van der Waals surface area (Å²) in [7, 11) is 1.67. The van der Waals surface area contributed by atoms with Crippen LogP contribution in [0.5, 0.6) is 0 Å². The SMILES string of the molecule is COCc1ccc(CNC[C@H]2CCO[C@@H]2C(C)C)o1. The zero-order valence-electron chi connectivity index (χ0n) is 12.1. The van der Waals surface area contributed by atoms with Gasteiger partial charge in [-0.25, -0.2) is 0 Å². The van der Waals surface area contributed by atoms with Crippen LogP contribution in [0.25, 0.3) is 0 Å². The van der Waals surface area contributed by atoms with E-state index in [-0.39, 0.29) is 0 Å². The molecule has 1 saturated heterocycles. The van der Waals surface area contributed by atoms with Gasteiger partial charge in [0.15, 0.2) is 0 Å². The third-order valence-corrected chi connectivity index (χ3v) is 3.63. The lowest BCUT2D eigenvalue weighted by molar-refractivity contribution is 0.0538. The van der Waals surface area contributed by atoms with Crippen molar-refractivity contribution in [1.29, 1.82) is 0 Å². The van der Waals surface area contributed by atoms with E-state index in [0.29, 0.717) is 24.5 Å². The van der Waals surface area contributed by atoms with Crippen molar-refractivity contribution in [2.45, 2.75) is 39.5 Å². The van der Waals surface area contributed by atoms with Gasteiger partial charge in [0.1, 0.15) is 18.1 Å². The maximum Gasteiger partial charge on any atom is 0.129 e. The van der Waals surface area contributed by atoms with Crippen molar-refractivity contribution in [1.82, 2.24) is 5.32 Å². The van der Waals surface area contributed by atoms with E-state index in [1.807, 2.05) is 12.1 Å². The summed E-state index contributed by atoms with van der Waals surface area (Å²) in [6.45, 7) is 7.65. The van der Waals surface area contributed by atoms with E-state index in [2.05, 4.69) is 19.2 Å². The monoisotopic (exact) mass is 267 g/mol. The van der Waals surface area contributed by atoms with Crippen molar-refractivity contribution < 1.29 is 13.9 Å². The highest BCUT2D eigenvalue weighted by molar-refractivity contribution is 5.06. The quantitative estimate of drug-likeness (QED) is 0.824. The molecule has 2 atom stereocenters. The van der Waals surface area contributed by atoms with E-state index < -0.39 is 0 Å². The predicted octanol–water partition coefficient (Wildman–Crippen LogP) is 2.58. The van der Waals surface area contributed by atoms with Crippen molar-refractivity contribution in [2.75, 3.05) is 20.3 Å². The molecule has 0 radical (unpaired) electrons. The first-order chi connectivity index (χ1) is 9.20. The first kappa shape index (κ1) is 14.6. The molecule has 19 heavy (non-hydrogen) atoms. The third kappa shape index (κ3) is 4.06. The lowest BCUT2D eigenvalue weighted by Gasteiger charge is -2.22. The maximum atomic E-state index is 5.79. The Kier molecular flexibility index (Phi) is 5.43. The molecule has 4 nitrogen and oxygen atoms in total. The van der Waals surface area contributed by atoms with Crippen LogP contribution in [0.3, 0.4) is 0 Å². The minimum Gasteiger partial charge on any atom is -0.462 e. The second kappa shape index (κ2) is 7.08. The minimum absolute atomic E-state index is 0.396. The number of methoxy groups -OCH3 is 1. The Hall–Kier alpha value is -0.840. The van der Waals surface area contributed by atoms with Crippen LogP contribution in [0.15, 0.2) is 16.5 Å². The fraction of sp³-hybridized carbons (Fsp3) is 0.733. The number of hydrogen-bond acceptors (Lipinski definition) is 4. The van der Waals surface area contributed by atoms with Gasteiger partial charge in [-0.15, -0.1) is 0 Å². The molecule has 1 aliphatic rings. The average Bonchev–Trinajstić information content (AvgIpc) is 2.99. The molecule has 0 amide bonds. The Morgan fingerprint density at radius 1 is 1.37 bits per heavy atom. The van der Waals surface area contributed by atoms with E-state index in [0.717, 1.165) is 37.6 Å². The lowest BCUT2D eigenvalue weighted by atomic mass is 9.93. The van der Waals surface area contributed by atoms with Crippen LogP contribution in [0.1, 0.15) is 31.8 Å². The topological polar surface area (TPSA) is 43.6 Å². The van der Waals surface area contributed by atoms with Crippen LogP contribution in [0, 0.1) is 11.8 Å². The van der Waals surface area contributed by atoms with E-state index in [4.69, 9.17) is 13.9 Å². The van der Waals surface area contributed by atoms with Crippen LogP contribution < -0.4 is 5.32 Å². The minimum atomic E-state index is 0.396. The van der Waals surface area contributed by atoms with E-state index in [9.17, 15) is 0 Å². The average molecular weight is 267 g/mol. The molecule has 1 aromatic heterocycles. The van der Waals surface area contributed by atoms with Crippen molar-refractivity contribution in [3.8, 4) is 0 Å². The van der Waals surface area contributed by atoms with Crippen molar-refractivity contribution >= 4 is 0 Å². The second-order valence-corrected chi connectivity index (χ2v) is 5.56. The second-order valence-electron chi connectivity index (χ2n) is 5.56. The molecule has 0 bridgehead atoms. The summed E-state index contributed by atoms with van der Waals surface area (Å²) < 4.78 is 16.5. The molecule has 0 spiro atoms. The summed E-state index contributed by atoms with van der Waals surface area (Å²) in [6.07, 6.45) is 1.55. The molecule has 2 heterocycles. The standard InChI is InChI=1S/C15H25NO3/c1-11(2)15-12(6-7-18-15)8-16-9-13-4-5-14(19-13)10-17-3/h4-5,11-12,15-16H,6-10H2,1-3H3/t12-,15-/m1/s1. The molecule has 0 unspecified atom stereocenters. The van der Waals surface area contributed by atoms with Crippen molar-refractivity contribution in [2.24, 2.45) is 11.8 Å². The van der Waals surface area contributed by atoms with Gasteiger partial charge in [-0.05, 0) is 30.4 Å². The molecule has 0 aliphatic carbocycles. The molecule has 108 valence electrons. The number of nitrogens with one attached hydrogen (secondary N) is 1. The Bertz CT molecular complexity index is 375. The van der Waals surface area contributed by atoms with Gasteiger partial charge in [0, 0.05) is 20.3 Å². The van der Waals surface area contributed by atoms with Gasteiger partial charge in [0.25, 0.3) is 0 Å². The maximum absolute atomic E-state index is 5.79. The molecular formula is C15H25NO3. The number of furan rings is 1. The lowest BCUT2D eigenvalue weighted by Crippen LogP contribution is -2.31. The van der Waals surface area contributed by atoms with Gasteiger partial charge in [-0.3, -0.25) is 0 Å². The van der Waals surface area contributed by atoms with Crippen molar-refractivity contribution in [3.63, 3.8) is 0 Å². The fourth-order valence-electron chi connectivity index (χ4n) is 2.73. The first-order valence-corrected chi connectivity index (χ1v) is 7.09. The fourth-order valence-corrected chi connectivity index (χ4v) is 2.73. The Morgan fingerprint density at radius 3 is 2.89 bits per heavy atom. The molecule has 2 rings (SSSR count). The summed E-state index contributed by atoms with van der Waals surface area (Å²) in [5, 5.41) is 3.47. The summed E-state index contributed by atoms with van der Waals surface area (Å²) in [4.78, 5) is 0. The van der Waals surface area contributed by atoms with Crippen LogP contribution in [0.2, 0.25) is 0 Å². The highest BCUT2D eigenvalue weighted by atomic mass is 16.5. The summed E-state index contributed by atoms with van der Waals surface area (Å²) in [5.74, 6) is 3.05. The Labute approximate surface area is 115 Å². The Morgan fingerprint density at radius 2 is 2.16 bits per heavy atom. The number of ether oxygens (including phenoxy) is 2. The number of hydrogen-bond donors (Lipinski definition) is 1. The van der Waals surface area contributed by atoms with Gasteiger partial charge in [-0.1, -0.05) is 13.8 Å². The molecule has 1 fully saturated rings. The third-order valence-electron chi connectivity index (χ3n) is 3.63. The van der Waals surface area contributed by atoms with Gasteiger partial charge >= 0.3 is 0 Å². The van der Waals surface area contributed by atoms with Crippen LogP contribution in [0.4, 0.5) is 0 Å². The van der Waals surface area contributed by atoms with Crippen molar-refractivity contribution in [3.05, 3.63) is 23.7 Å². The molecule has 1 N–H and O–H groups in total. The van der Waals surface area contributed by atoms with Crippen LogP contribution in [-0.2, 0) is 22.6 Å². The van der Waals surface area contributed by atoms with Gasteiger partial charge in [0.2, 0.25) is 0 Å². The summed E-state index contributed by atoms with van der Waals surface area (Å²) in [6, 6.07) is 3.97.